The number of hydrogen-bond donors (Lipinski definition) is 0. The van der Waals surface area contributed by atoms with Crippen molar-refractivity contribution in [3.05, 3.63) is 132 Å². The Morgan fingerprint density at radius 3 is 1.91 bits per heavy atom. The molecule has 164 valence electrons. The number of hydrogen-bond acceptors (Lipinski definition) is 2. The van der Waals surface area contributed by atoms with Gasteiger partial charge < -0.3 is 0 Å². The van der Waals surface area contributed by atoms with Crippen LogP contribution in [0.25, 0.3) is 60.5 Å². The van der Waals surface area contributed by atoms with Gasteiger partial charge in [0.25, 0.3) is 5.56 Å². The lowest BCUT2D eigenvalue weighted by Gasteiger charge is -2.18. The fourth-order valence-corrected chi connectivity index (χ4v) is 5.17. The average Bonchev–Trinajstić information content (AvgIpc) is 2.93. The Labute approximate surface area is 201 Å². The molecule has 0 saturated carbocycles. The molecule has 0 aliphatic carbocycles. The van der Waals surface area contributed by atoms with Crippen LogP contribution in [0.3, 0.4) is 0 Å². The molecule has 0 aliphatic rings. The van der Waals surface area contributed by atoms with Crippen LogP contribution in [-0.4, -0.2) is 9.55 Å². The summed E-state index contributed by atoms with van der Waals surface area (Å²) in [7, 11) is 0. The van der Waals surface area contributed by atoms with Crippen molar-refractivity contribution in [2.45, 2.75) is 0 Å². The fourth-order valence-electron chi connectivity index (χ4n) is 5.17. The molecule has 0 N–H and O–H groups in total. The molecule has 35 heavy (non-hydrogen) atoms. The van der Waals surface area contributed by atoms with Gasteiger partial charge >= 0.3 is 0 Å². The summed E-state index contributed by atoms with van der Waals surface area (Å²) in [5.41, 5.74) is 6.92. The number of nitrogens with zero attached hydrogens (tertiary/aromatic N) is 2. The van der Waals surface area contributed by atoms with Gasteiger partial charge in [-0.15, -0.1) is 0 Å². The van der Waals surface area contributed by atoms with Gasteiger partial charge in [0.05, 0.1) is 22.1 Å². The monoisotopic (exact) mass is 448 g/mol. The molecule has 3 heteroatoms. The van der Waals surface area contributed by atoms with Crippen molar-refractivity contribution >= 4 is 32.6 Å². The molecule has 0 saturated heterocycles. The molecule has 2 aromatic heterocycles. The molecule has 7 rings (SSSR count). The number of rotatable bonds is 3. The lowest BCUT2D eigenvalue weighted by Crippen LogP contribution is -2.19. The van der Waals surface area contributed by atoms with Crippen molar-refractivity contribution in [2.24, 2.45) is 0 Å². The van der Waals surface area contributed by atoms with Crippen molar-refractivity contribution in [1.29, 1.82) is 0 Å². The van der Waals surface area contributed by atoms with Gasteiger partial charge in [-0.25, -0.2) is 0 Å². The third kappa shape index (κ3) is 3.06. The molecule has 7 aromatic rings. The van der Waals surface area contributed by atoms with E-state index in [4.69, 9.17) is 0 Å². The predicted octanol–water partition coefficient (Wildman–Crippen LogP) is 7.46. The van der Waals surface area contributed by atoms with E-state index in [2.05, 4.69) is 53.5 Å². The maximum atomic E-state index is 14.0. The third-order valence-corrected chi connectivity index (χ3v) is 6.77. The Morgan fingerprint density at radius 1 is 0.571 bits per heavy atom. The largest absolute Gasteiger partial charge is 0.276 e. The minimum absolute atomic E-state index is 0.0344. The Morgan fingerprint density at radius 2 is 1.23 bits per heavy atom. The Balaban J connectivity index is 1.62. The molecule has 0 aliphatic heterocycles. The van der Waals surface area contributed by atoms with Gasteiger partial charge in [0.15, 0.2) is 0 Å². The van der Waals surface area contributed by atoms with Crippen LogP contribution in [0.2, 0.25) is 0 Å². The molecule has 0 amide bonds. The zero-order chi connectivity index (χ0) is 23.4. The number of aromatic nitrogens is 2. The second-order valence-electron chi connectivity index (χ2n) is 8.84. The quantitative estimate of drug-likeness (QED) is 0.263. The molecule has 3 nitrogen and oxygen atoms in total. The molecule has 0 atom stereocenters. The highest BCUT2D eigenvalue weighted by Gasteiger charge is 2.17. The molecular weight excluding hydrogens is 428 g/mol. The first-order valence-corrected chi connectivity index (χ1v) is 11.7. The van der Waals surface area contributed by atoms with Crippen LogP contribution in [0.1, 0.15) is 0 Å². The first-order chi connectivity index (χ1) is 17.3. The zero-order valence-corrected chi connectivity index (χ0v) is 18.8. The average molecular weight is 449 g/mol. The van der Waals surface area contributed by atoms with Crippen LogP contribution < -0.4 is 5.56 Å². The van der Waals surface area contributed by atoms with E-state index < -0.39 is 0 Å². The smallest absolute Gasteiger partial charge is 0.263 e. The topological polar surface area (TPSA) is 34.9 Å². The van der Waals surface area contributed by atoms with E-state index in [1.54, 1.807) is 0 Å². The van der Waals surface area contributed by atoms with Crippen LogP contribution in [-0.2, 0) is 0 Å². The summed E-state index contributed by atoms with van der Waals surface area (Å²) < 4.78 is 1.86. The lowest BCUT2D eigenvalue weighted by molar-refractivity contribution is 1.06. The standard InChI is InChI=1S/C32H20N2O/c35-32-27-14-8-15-28-31(27)30-23(20-33-28)13-7-16-29(30)34(32)26-18-24(21-9-3-1-4-10-21)17-25(19-26)22-11-5-2-6-12-22/h1-20H. The van der Waals surface area contributed by atoms with Crippen molar-refractivity contribution in [3.63, 3.8) is 0 Å². The highest BCUT2D eigenvalue weighted by atomic mass is 16.1. The molecule has 0 unspecified atom stereocenters. The van der Waals surface area contributed by atoms with Crippen LogP contribution in [0, 0.1) is 0 Å². The summed E-state index contributed by atoms with van der Waals surface area (Å²) in [6, 6.07) is 39.0. The van der Waals surface area contributed by atoms with Gasteiger partial charge in [-0.3, -0.25) is 14.3 Å². The van der Waals surface area contributed by atoms with E-state index in [0.717, 1.165) is 55.1 Å². The summed E-state index contributed by atoms with van der Waals surface area (Å²) in [5.74, 6) is 0. The van der Waals surface area contributed by atoms with Gasteiger partial charge in [0.2, 0.25) is 0 Å². The van der Waals surface area contributed by atoms with Crippen molar-refractivity contribution in [1.82, 2.24) is 9.55 Å². The third-order valence-electron chi connectivity index (χ3n) is 6.77. The molecule has 0 bridgehead atoms. The maximum Gasteiger partial charge on any atom is 0.263 e. The summed E-state index contributed by atoms with van der Waals surface area (Å²) in [4.78, 5) is 18.7. The summed E-state index contributed by atoms with van der Waals surface area (Å²) in [5, 5.41) is 3.72. The Bertz CT molecular complexity index is 1850. The van der Waals surface area contributed by atoms with Gasteiger partial charge in [-0.1, -0.05) is 78.9 Å². The first kappa shape index (κ1) is 19.7. The molecule has 0 fully saturated rings. The van der Waals surface area contributed by atoms with E-state index in [0.29, 0.717) is 5.39 Å². The van der Waals surface area contributed by atoms with E-state index >= 15 is 0 Å². The molecule has 0 radical (unpaired) electrons. The van der Waals surface area contributed by atoms with Crippen LogP contribution in [0.4, 0.5) is 0 Å². The minimum Gasteiger partial charge on any atom is -0.276 e. The zero-order valence-electron chi connectivity index (χ0n) is 18.8. The van der Waals surface area contributed by atoms with Gasteiger partial charge in [0, 0.05) is 22.4 Å². The highest BCUT2D eigenvalue weighted by Crippen LogP contribution is 2.35. The summed E-state index contributed by atoms with van der Waals surface area (Å²) in [6.45, 7) is 0. The van der Waals surface area contributed by atoms with E-state index in [-0.39, 0.29) is 5.56 Å². The molecule has 0 spiro atoms. The number of benzene rings is 5. The number of pyridine rings is 2. The van der Waals surface area contributed by atoms with Gasteiger partial charge in [-0.2, -0.15) is 0 Å². The van der Waals surface area contributed by atoms with E-state index in [1.165, 1.54) is 0 Å². The first-order valence-electron chi connectivity index (χ1n) is 11.7. The second kappa shape index (κ2) is 7.64. The molecule has 2 heterocycles. The predicted molar refractivity (Wildman–Crippen MR) is 144 cm³/mol. The normalized spacial score (nSPS) is 11.5. The second-order valence-corrected chi connectivity index (χ2v) is 8.84. The Hall–Kier alpha value is -4.76. The van der Waals surface area contributed by atoms with Crippen LogP contribution in [0.15, 0.2) is 126 Å². The van der Waals surface area contributed by atoms with Crippen molar-refractivity contribution in [3.8, 4) is 27.9 Å². The van der Waals surface area contributed by atoms with E-state index in [9.17, 15) is 4.79 Å². The van der Waals surface area contributed by atoms with Crippen molar-refractivity contribution < 1.29 is 0 Å². The van der Waals surface area contributed by atoms with Gasteiger partial charge in [-0.05, 0) is 58.7 Å². The SMILES string of the molecule is O=c1c2cccc3ncc4cccc(c4c32)n1-c1cc(-c2ccccc2)cc(-c2ccccc2)c1. The summed E-state index contributed by atoms with van der Waals surface area (Å²) in [6.07, 6.45) is 1.90. The van der Waals surface area contributed by atoms with Crippen molar-refractivity contribution in [2.75, 3.05) is 0 Å². The highest BCUT2D eigenvalue weighted by molar-refractivity contribution is 6.20. The Kier molecular flexibility index (Phi) is 4.30. The molecule has 5 aromatic carbocycles. The maximum absolute atomic E-state index is 14.0. The van der Waals surface area contributed by atoms with E-state index in [1.807, 2.05) is 77.5 Å². The minimum atomic E-state index is -0.0344. The van der Waals surface area contributed by atoms with Crippen LogP contribution in [0.5, 0.6) is 0 Å². The fraction of sp³-hybridized carbons (Fsp3) is 0. The van der Waals surface area contributed by atoms with Crippen LogP contribution >= 0.6 is 0 Å². The summed E-state index contributed by atoms with van der Waals surface area (Å²) >= 11 is 0. The lowest BCUT2D eigenvalue weighted by atomic mass is 9.97. The van der Waals surface area contributed by atoms with Gasteiger partial charge in [0.1, 0.15) is 0 Å². The molecular formula is C32H20N2O.